The highest BCUT2D eigenvalue weighted by atomic mass is 79.9. The Hall–Kier alpha value is -3.30. The number of para-hydroxylation sites is 3. The number of hydrogen-bond acceptors (Lipinski definition) is 0. The molecule has 2 aromatic heterocycles. The van der Waals surface area contributed by atoms with E-state index in [1.807, 2.05) is 0 Å². The summed E-state index contributed by atoms with van der Waals surface area (Å²) in [6.07, 6.45) is 0. The van der Waals surface area contributed by atoms with Crippen molar-refractivity contribution in [3.63, 3.8) is 0 Å². The van der Waals surface area contributed by atoms with Crippen molar-refractivity contribution in [2.45, 2.75) is 0 Å². The molecule has 2 heterocycles. The van der Waals surface area contributed by atoms with Crippen molar-refractivity contribution >= 4 is 48.8 Å². The van der Waals surface area contributed by atoms with Gasteiger partial charge in [0.05, 0.1) is 11.0 Å². The molecule has 0 unspecified atom stereocenters. The summed E-state index contributed by atoms with van der Waals surface area (Å²) in [6.45, 7) is 0. The van der Waals surface area contributed by atoms with Crippen LogP contribution in [0.4, 0.5) is 0 Å². The highest BCUT2D eigenvalue weighted by molar-refractivity contribution is 9.10. The van der Waals surface area contributed by atoms with Crippen LogP contribution >= 0.6 is 15.9 Å². The molecule has 29 heavy (non-hydrogen) atoms. The second kappa shape index (κ2) is 6.36. The molecule has 4 aromatic carbocycles. The predicted molar refractivity (Wildman–Crippen MR) is 125 cm³/mol. The molecule has 0 bridgehead atoms. The lowest BCUT2D eigenvalue weighted by Crippen LogP contribution is -2.01. The Morgan fingerprint density at radius 2 is 1.07 bits per heavy atom. The maximum absolute atomic E-state index is 3.68. The van der Waals surface area contributed by atoms with E-state index in [1.165, 1.54) is 32.8 Å². The number of fused-ring (bicyclic) bond motifs is 5. The van der Waals surface area contributed by atoms with Gasteiger partial charge in [0.25, 0.3) is 0 Å². The molecule has 0 radical (unpaired) electrons. The zero-order valence-corrected chi connectivity index (χ0v) is 17.2. The van der Waals surface area contributed by atoms with Gasteiger partial charge in [0.1, 0.15) is 5.65 Å². The molecule has 2 nitrogen and oxygen atoms in total. The van der Waals surface area contributed by atoms with Crippen molar-refractivity contribution < 1.29 is 0 Å². The summed E-state index contributed by atoms with van der Waals surface area (Å²) in [5, 5.41) is 3.80. The van der Waals surface area contributed by atoms with E-state index in [-0.39, 0.29) is 0 Å². The highest BCUT2D eigenvalue weighted by Gasteiger charge is 2.21. The molecule has 0 aliphatic heterocycles. The third-order valence-electron chi connectivity index (χ3n) is 5.56. The monoisotopic (exact) mass is 436 g/mol. The van der Waals surface area contributed by atoms with Crippen molar-refractivity contribution in [1.29, 1.82) is 0 Å². The fourth-order valence-electron chi connectivity index (χ4n) is 4.40. The van der Waals surface area contributed by atoms with Gasteiger partial charge in [-0.2, -0.15) is 0 Å². The summed E-state index contributed by atoms with van der Waals surface area (Å²) in [7, 11) is 0. The molecule has 0 fully saturated rings. The third kappa shape index (κ3) is 2.41. The normalized spacial score (nSPS) is 11.6. The molecule has 138 valence electrons. The third-order valence-corrected chi connectivity index (χ3v) is 6.05. The Kier molecular flexibility index (Phi) is 3.65. The van der Waals surface area contributed by atoms with Crippen LogP contribution in [0.1, 0.15) is 0 Å². The average molecular weight is 437 g/mol. The molecule has 6 rings (SSSR count). The van der Waals surface area contributed by atoms with Gasteiger partial charge in [0.2, 0.25) is 0 Å². The van der Waals surface area contributed by atoms with Gasteiger partial charge in [0.15, 0.2) is 0 Å². The molecule has 0 saturated heterocycles. The Labute approximate surface area is 176 Å². The van der Waals surface area contributed by atoms with Gasteiger partial charge in [-0.05, 0) is 48.5 Å². The van der Waals surface area contributed by atoms with Crippen LogP contribution in [0.25, 0.3) is 44.2 Å². The van der Waals surface area contributed by atoms with Crippen LogP contribution in [0.3, 0.4) is 0 Å². The van der Waals surface area contributed by atoms with E-state index in [1.54, 1.807) is 0 Å². The Bertz CT molecular complexity index is 1490. The van der Waals surface area contributed by atoms with Crippen LogP contribution in [0.5, 0.6) is 0 Å². The lowest BCUT2D eigenvalue weighted by atomic mass is 10.1. The summed E-state index contributed by atoms with van der Waals surface area (Å²) in [4.78, 5) is 0. The van der Waals surface area contributed by atoms with E-state index in [9.17, 15) is 0 Å². The van der Waals surface area contributed by atoms with Crippen molar-refractivity contribution in [3.05, 3.63) is 108 Å². The van der Waals surface area contributed by atoms with Crippen molar-refractivity contribution in [1.82, 2.24) is 9.13 Å². The maximum Gasteiger partial charge on any atom is 0.131 e. The van der Waals surface area contributed by atoms with E-state index < -0.39 is 0 Å². The van der Waals surface area contributed by atoms with Crippen LogP contribution in [0.2, 0.25) is 0 Å². The number of rotatable bonds is 2. The van der Waals surface area contributed by atoms with Gasteiger partial charge in [0, 0.05) is 32.0 Å². The first-order valence-corrected chi connectivity index (χ1v) is 10.5. The Morgan fingerprint density at radius 1 is 0.517 bits per heavy atom. The standard InChI is InChI=1S/C26H17BrN2/c27-18-15-16-24-22(17-18)25-21-13-7-8-14-23(21)28(19-9-3-1-4-10-19)26(25)29(24)20-11-5-2-6-12-20/h1-17H. The summed E-state index contributed by atoms with van der Waals surface area (Å²) in [6, 6.07) is 36.5. The summed E-state index contributed by atoms with van der Waals surface area (Å²) in [5.74, 6) is 0. The average Bonchev–Trinajstić information content (AvgIpc) is 3.27. The molecule has 0 N–H and O–H groups in total. The lowest BCUT2D eigenvalue weighted by molar-refractivity contribution is 1.07. The molecular formula is C26H17BrN2. The summed E-state index contributed by atoms with van der Waals surface area (Å²) < 4.78 is 5.85. The summed E-state index contributed by atoms with van der Waals surface area (Å²) in [5.41, 5.74) is 5.94. The molecular weight excluding hydrogens is 420 g/mol. The fourth-order valence-corrected chi connectivity index (χ4v) is 4.76. The van der Waals surface area contributed by atoms with Gasteiger partial charge >= 0.3 is 0 Å². The zero-order chi connectivity index (χ0) is 19.4. The van der Waals surface area contributed by atoms with Crippen LogP contribution in [0.15, 0.2) is 108 Å². The van der Waals surface area contributed by atoms with Crippen molar-refractivity contribution in [2.75, 3.05) is 0 Å². The van der Waals surface area contributed by atoms with Gasteiger partial charge in [-0.1, -0.05) is 70.5 Å². The molecule has 0 amide bonds. The Morgan fingerprint density at radius 3 is 1.72 bits per heavy atom. The zero-order valence-electron chi connectivity index (χ0n) is 15.6. The van der Waals surface area contributed by atoms with E-state index >= 15 is 0 Å². The van der Waals surface area contributed by atoms with E-state index in [0.717, 1.165) is 15.8 Å². The topological polar surface area (TPSA) is 9.86 Å². The second-order valence-electron chi connectivity index (χ2n) is 7.22. The number of hydrogen-bond donors (Lipinski definition) is 0. The largest absolute Gasteiger partial charge is 0.295 e. The number of aromatic nitrogens is 2. The maximum atomic E-state index is 3.68. The molecule has 3 heteroatoms. The minimum absolute atomic E-state index is 1.09. The lowest BCUT2D eigenvalue weighted by Gasteiger charge is -2.12. The first-order valence-electron chi connectivity index (χ1n) is 9.67. The van der Waals surface area contributed by atoms with Gasteiger partial charge < -0.3 is 0 Å². The fraction of sp³-hybridized carbons (Fsp3) is 0. The van der Waals surface area contributed by atoms with Gasteiger partial charge in [-0.3, -0.25) is 9.13 Å². The number of benzene rings is 4. The second-order valence-corrected chi connectivity index (χ2v) is 8.13. The molecule has 0 spiro atoms. The van der Waals surface area contributed by atoms with E-state index in [0.29, 0.717) is 0 Å². The molecule has 0 atom stereocenters. The number of halogens is 1. The van der Waals surface area contributed by atoms with E-state index in [2.05, 4.69) is 128 Å². The molecule has 0 aliphatic carbocycles. The van der Waals surface area contributed by atoms with Crippen molar-refractivity contribution in [2.24, 2.45) is 0 Å². The van der Waals surface area contributed by atoms with Crippen molar-refractivity contribution in [3.8, 4) is 11.4 Å². The van der Waals surface area contributed by atoms with Crippen LogP contribution in [0, 0.1) is 0 Å². The predicted octanol–water partition coefficient (Wildman–Crippen LogP) is 7.49. The minimum atomic E-state index is 1.09. The Balaban J connectivity index is 1.93. The molecule has 0 saturated carbocycles. The minimum Gasteiger partial charge on any atom is -0.295 e. The highest BCUT2D eigenvalue weighted by Crippen LogP contribution is 2.41. The van der Waals surface area contributed by atoms with E-state index in [4.69, 9.17) is 0 Å². The van der Waals surface area contributed by atoms with Crippen LogP contribution < -0.4 is 0 Å². The SMILES string of the molecule is Brc1ccc2c(c1)c1c3ccccc3n(-c3ccccc3)c1n2-c1ccccc1. The van der Waals surface area contributed by atoms with Gasteiger partial charge in [-0.15, -0.1) is 0 Å². The molecule has 6 aromatic rings. The first-order chi connectivity index (χ1) is 14.3. The molecule has 0 aliphatic rings. The number of nitrogens with zero attached hydrogens (tertiary/aromatic N) is 2. The van der Waals surface area contributed by atoms with Gasteiger partial charge in [-0.25, -0.2) is 0 Å². The quantitative estimate of drug-likeness (QED) is 0.266. The van der Waals surface area contributed by atoms with Crippen LogP contribution in [-0.4, -0.2) is 9.13 Å². The smallest absolute Gasteiger partial charge is 0.131 e. The summed E-state index contributed by atoms with van der Waals surface area (Å²) >= 11 is 3.68. The van der Waals surface area contributed by atoms with Crippen LogP contribution in [-0.2, 0) is 0 Å². The first kappa shape index (κ1) is 16.6.